The zero-order valence-electron chi connectivity index (χ0n) is 19.6. The molecule has 196 valence electrons. The maximum atomic E-state index is 13.5. The third-order valence-corrected chi connectivity index (χ3v) is 8.33. The minimum atomic E-state index is -4.11. The van der Waals surface area contributed by atoms with Gasteiger partial charge in [0.1, 0.15) is 5.75 Å². The number of carbonyl (C=O) groups is 1. The lowest BCUT2D eigenvalue weighted by molar-refractivity contribution is -0.116. The molecule has 11 heteroatoms. The van der Waals surface area contributed by atoms with Gasteiger partial charge in [-0.1, -0.05) is 70.7 Å². The third-order valence-electron chi connectivity index (χ3n) is 5.30. The maximum Gasteiger partial charge on any atom is 0.243 e. The van der Waals surface area contributed by atoms with Crippen LogP contribution in [0.5, 0.6) is 11.5 Å². The van der Waals surface area contributed by atoms with Crippen LogP contribution < -0.4 is 10.1 Å². The maximum absolute atomic E-state index is 13.5. The summed E-state index contributed by atoms with van der Waals surface area (Å²) < 4.78 is 34.0. The molecule has 4 rings (SSSR count). The van der Waals surface area contributed by atoms with Crippen molar-refractivity contribution < 1.29 is 17.9 Å². The monoisotopic (exact) mass is 608 g/mol. The SMILES string of the molecule is O=C(CN(Cc1ccc(Cl)c(Cl)c1)S(=O)(=O)c1ccc(Cl)cc1)Nc1cc(Cl)ccc1Oc1ccccc1. The summed E-state index contributed by atoms with van der Waals surface area (Å²) in [6.07, 6.45) is 0. The number of nitrogens with zero attached hydrogens (tertiary/aromatic N) is 1. The van der Waals surface area contributed by atoms with Crippen molar-refractivity contribution in [1.29, 1.82) is 0 Å². The Morgan fingerprint density at radius 1 is 0.789 bits per heavy atom. The second-order valence-corrected chi connectivity index (χ2v) is 11.7. The Morgan fingerprint density at radius 3 is 2.16 bits per heavy atom. The quantitative estimate of drug-likeness (QED) is 0.209. The number of rotatable bonds is 9. The highest BCUT2D eigenvalue weighted by molar-refractivity contribution is 7.89. The van der Waals surface area contributed by atoms with Gasteiger partial charge in [-0.25, -0.2) is 8.42 Å². The van der Waals surface area contributed by atoms with Crippen molar-refractivity contribution in [2.45, 2.75) is 11.4 Å². The van der Waals surface area contributed by atoms with Gasteiger partial charge < -0.3 is 10.1 Å². The standard InChI is InChI=1S/C27H20Cl4N2O4S/c28-19-7-10-22(11-8-19)38(35,36)33(16-18-6-12-23(30)24(31)14-18)17-27(34)32-25-15-20(29)9-13-26(25)37-21-4-2-1-3-5-21/h1-15H,16-17H2,(H,32,34). The van der Waals surface area contributed by atoms with Gasteiger partial charge in [-0.3, -0.25) is 4.79 Å². The predicted octanol–water partition coefficient (Wildman–Crippen LogP) is 7.92. The van der Waals surface area contributed by atoms with E-state index < -0.39 is 22.5 Å². The fourth-order valence-electron chi connectivity index (χ4n) is 3.48. The first-order chi connectivity index (χ1) is 18.1. The van der Waals surface area contributed by atoms with Crippen LogP contribution in [-0.4, -0.2) is 25.2 Å². The van der Waals surface area contributed by atoms with E-state index in [0.717, 1.165) is 4.31 Å². The van der Waals surface area contributed by atoms with Crippen LogP contribution in [0, 0.1) is 0 Å². The second kappa shape index (κ2) is 12.4. The van der Waals surface area contributed by atoms with Crippen molar-refractivity contribution in [2.75, 3.05) is 11.9 Å². The predicted molar refractivity (Wildman–Crippen MR) is 152 cm³/mol. The van der Waals surface area contributed by atoms with Crippen LogP contribution >= 0.6 is 46.4 Å². The van der Waals surface area contributed by atoms with Crippen LogP contribution in [0.4, 0.5) is 5.69 Å². The lowest BCUT2D eigenvalue weighted by Crippen LogP contribution is -2.37. The molecule has 6 nitrogen and oxygen atoms in total. The first-order valence-corrected chi connectivity index (χ1v) is 14.1. The number of carbonyl (C=O) groups excluding carboxylic acids is 1. The van der Waals surface area contributed by atoms with Crippen molar-refractivity contribution in [1.82, 2.24) is 4.31 Å². The van der Waals surface area contributed by atoms with Crippen LogP contribution in [0.2, 0.25) is 20.1 Å². The number of para-hydroxylation sites is 1. The van der Waals surface area contributed by atoms with Gasteiger partial charge in [-0.15, -0.1) is 0 Å². The first-order valence-electron chi connectivity index (χ1n) is 11.1. The summed E-state index contributed by atoms with van der Waals surface area (Å²) in [7, 11) is -4.11. The molecule has 38 heavy (non-hydrogen) atoms. The molecule has 0 fully saturated rings. The Balaban J connectivity index is 1.62. The highest BCUT2D eigenvalue weighted by atomic mass is 35.5. The zero-order valence-corrected chi connectivity index (χ0v) is 23.4. The van der Waals surface area contributed by atoms with E-state index in [0.29, 0.717) is 32.1 Å². The van der Waals surface area contributed by atoms with Crippen molar-refractivity contribution in [3.63, 3.8) is 0 Å². The van der Waals surface area contributed by atoms with Crippen LogP contribution in [0.3, 0.4) is 0 Å². The van der Waals surface area contributed by atoms with Gasteiger partial charge in [0.05, 0.1) is 27.2 Å². The molecular weight excluding hydrogens is 590 g/mol. The fraction of sp³-hybridized carbons (Fsp3) is 0.0741. The summed E-state index contributed by atoms with van der Waals surface area (Å²) in [4.78, 5) is 13.2. The minimum Gasteiger partial charge on any atom is -0.455 e. The molecular formula is C27H20Cl4N2O4S. The molecule has 0 saturated heterocycles. The molecule has 0 heterocycles. The van der Waals surface area contributed by atoms with Crippen molar-refractivity contribution in [2.24, 2.45) is 0 Å². The number of amides is 1. The van der Waals surface area contributed by atoms with Crippen LogP contribution in [-0.2, 0) is 21.4 Å². The number of hydrogen-bond acceptors (Lipinski definition) is 4. The first kappa shape index (κ1) is 28.2. The molecule has 0 spiro atoms. The van der Waals surface area contributed by atoms with Crippen LogP contribution in [0.1, 0.15) is 5.56 Å². The fourth-order valence-corrected chi connectivity index (χ4v) is 5.48. The summed E-state index contributed by atoms with van der Waals surface area (Å²) in [5.41, 5.74) is 0.824. The number of ether oxygens (including phenoxy) is 1. The molecule has 0 atom stereocenters. The van der Waals surface area contributed by atoms with Crippen LogP contribution in [0.25, 0.3) is 0 Å². The number of nitrogens with one attached hydrogen (secondary N) is 1. The van der Waals surface area contributed by atoms with Crippen molar-refractivity contribution >= 4 is 68.0 Å². The molecule has 1 N–H and O–H groups in total. The molecule has 0 aliphatic carbocycles. The summed E-state index contributed by atoms with van der Waals surface area (Å²) in [6.45, 7) is -0.652. The number of anilines is 1. The third kappa shape index (κ3) is 7.20. The number of sulfonamides is 1. The van der Waals surface area contributed by atoms with E-state index in [4.69, 9.17) is 51.1 Å². The Hall–Kier alpha value is -2.78. The van der Waals surface area contributed by atoms with E-state index in [1.807, 2.05) is 18.2 Å². The second-order valence-electron chi connectivity index (χ2n) is 8.08. The molecule has 0 aliphatic heterocycles. The zero-order chi connectivity index (χ0) is 27.3. The van der Waals surface area contributed by atoms with Gasteiger partial charge in [0.2, 0.25) is 15.9 Å². The van der Waals surface area contributed by atoms with E-state index in [1.165, 1.54) is 30.3 Å². The summed E-state index contributed by atoms with van der Waals surface area (Å²) in [5.74, 6) is 0.283. The van der Waals surface area contributed by atoms with Gasteiger partial charge in [-0.05, 0) is 72.3 Å². The molecule has 4 aromatic carbocycles. The van der Waals surface area contributed by atoms with Gasteiger partial charge in [0, 0.05) is 16.6 Å². The average molecular weight is 610 g/mol. The van der Waals surface area contributed by atoms with E-state index >= 15 is 0 Å². The Kier molecular flexibility index (Phi) is 9.20. The van der Waals surface area contributed by atoms with Gasteiger partial charge in [0.25, 0.3) is 0 Å². The molecule has 0 unspecified atom stereocenters. The summed E-state index contributed by atoms with van der Waals surface area (Å²) in [5, 5.41) is 4.05. The lowest BCUT2D eigenvalue weighted by atomic mass is 10.2. The number of hydrogen-bond donors (Lipinski definition) is 1. The minimum absolute atomic E-state index is 0.0226. The largest absolute Gasteiger partial charge is 0.455 e. The van der Waals surface area contributed by atoms with Gasteiger partial charge in [0.15, 0.2) is 5.75 Å². The Bertz CT molecular complexity index is 1550. The Labute approximate surface area is 240 Å². The lowest BCUT2D eigenvalue weighted by Gasteiger charge is -2.22. The number of benzene rings is 4. The molecule has 0 aromatic heterocycles. The smallest absolute Gasteiger partial charge is 0.243 e. The normalized spacial score (nSPS) is 11.4. The van der Waals surface area contributed by atoms with Gasteiger partial charge in [-0.2, -0.15) is 4.31 Å². The van der Waals surface area contributed by atoms with Crippen LogP contribution in [0.15, 0.2) is 95.9 Å². The van der Waals surface area contributed by atoms with E-state index in [9.17, 15) is 13.2 Å². The topological polar surface area (TPSA) is 75.7 Å². The Morgan fingerprint density at radius 2 is 1.47 bits per heavy atom. The molecule has 0 aliphatic rings. The number of halogens is 4. The summed E-state index contributed by atoms with van der Waals surface area (Å²) >= 11 is 24.3. The van der Waals surface area contributed by atoms with E-state index in [1.54, 1.807) is 42.5 Å². The molecule has 0 saturated carbocycles. The van der Waals surface area contributed by atoms with Gasteiger partial charge >= 0.3 is 0 Å². The van der Waals surface area contributed by atoms with E-state index in [-0.39, 0.29) is 22.2 Å². The molecule has 4 aromatic rings. The molecule has 1 amide bonds. The van der Waals surface area contributed by atoms with Crippen molar-refractivity contribution in [3.8, 4) is 11.5 Å². The highest BCUT2D eigenvalue weighted by Gasteiger charge is 2.27. The molecule has 0 bridgehead atoms. The molecule has 0 radical (unpaired) electrons. The van der Waals surface area contributed by atoms with E-state index in [2.05, 4.69) is 5.32 Å². The average Bonchev–Trinajstić information content (AvgIpc) is 2.88. The highest BCUT2D eigenvalue weighted by Crippen LogP contribution is 2.32. The van der Waals surface area contributed by atoms with Crippen molar-refractivity contribution in [3.05, 3.63) is 117 Å². The summed E-state index contributed by atoms with van der Waals surface area (Å²) in [6, 6.07) is 24.2.